The van der Waals surface area contributed by atoms with Crippen LogP contribution in [0.3, 0.4) is 0 Å². The molecule has 6 N–H and O–H groups in total. The molecule has 1 aromatic heterocycles. The molecule has 6 atom stereocenters. The zero-order chi connectivity index (χ0) is 23.8. The average Bonchev–Trinajstić information content (AvgIpc) is 2.82. The summed E-state index contributed by atoms with van der Waals surface area (Å²) in [6.07, 6.45) is 0.593. The van der Waals surface area contributed by atoms with Gasteiger partial charge in [0, 0.05) is 6.20 Å². The Kier molecular flexibility index (Phi) is 7.98. The maximum atomic E-state index is 14.8. The molecule has 174 valence electrons. The Hall–Kier alpha value is -0.660. The number of ether oxygens (including phenoxy) is 1. The Morgan fingerprint density at radius 1 is 1.26 bits per heavy atom. The first-order valence-electron chi connectivity index (χ1n) is 7.59. The third kappa shape index (κ3) is 6.67. The normalized spacial score (nSPS) is 30.3. The molecule has 1 saturated heterocycles. The van der Waals surface area contributed by atoms with Crippen molar-refractivity contribution < 1.29 is 60.6 Å². The molecule has 0 spiro atoms. The van der Waals surface area contributed by atoms with E-state index in [1.54, 1.807) is 0 Å². The number of H-pyrrole nitrogens is 1. The molecular weight excluding hydrogens is 528 g/mol. The van der Waals surface area contributed by atoms with E-state index in [1.165, 1.54) is 12.3 Å². The molecule has 1 fully saturated rings. The molecule has 0 aromatic carbocycles. The van der Waals surface area contributed by atoms with Crippen LogP contribution in [-0.2, 0) is 31.6 Å². The van der Waals surface area contributed by atoms with Crippen LogP contribution in [-0.4, -0.2) is 58.7 Å². The SMILES string of the molecule is C#CC1(O)[C@@H](F)[C@@H](COP(=O)(O)OP(=O)(O)OP(=O)(O)O)O[C@H]1n1ccc(=S)[nH]c1=S. The number of terminal acetylenes is 1. The molecule has 14 nitrogen and oxygen atoms in total. The topological polar surface area (TPSA) is 210 Å². The summed E-state index contributed by atoms with van der Waals surface area (Å²) in [4.78, 5) is 38.1. The van der Waals surface area contributed by atoms with Crippen molar-refractivity contribution in [3.05, 3.63) is 21.7 Å². The van der Waals surface area contributed by atoms with E-state index in [0.717, 1.165) is 4.57 Å². The summed E-state index contributed by atoms with van der Waals surface area (Å²) in [6, 6.07) is 1.33. The zero-order valence-corrected chi connectivity index (χ0v) is 19.1. The standard InChI is InChI=1S/C11H14FN2O12P3S2/c1-2-11(15)8(12)6(24-9(11)14-4-3-7(30)13-10(14)31)5-23-28(19,20)26-29(21,22)25-27(16,17)18/h1,3-4,6,8-9,15H,5H2,(H,19,20)(H,21,22)(H,13,30,31)(H2,16,17,18)/t6-,8+,9-,11?/m1/s1. The van der Waals surface area contributed by atoms with Gasteiger partial charge >= 0.3 is 23.5 Å². The van der Waals surface area contributed by atoms with Gasteiger partial charge < -0.3 is 34.4 Å². The number of aromatic amines is 1. The van der Waals surface area contributed by atoms with Crippen LogP contribution in [0.5, 0.6) is 0 Å². The number of nitrogens with zero attached hydrogens (tertiary/aromatic N) is 1. The highest BCUT2D eigenvalue weighted by Gasteiger charge is 2.57. The highest BCUT2D eigenvalue weighted by Crippen LogP contribution is 2.66. The van der Waals surface area contributed by atoms with Crippen LogP contribution in [0.15, 0.2) is 12.3 Å². The van der Waals surface area contributed by atoms with Crippen LogP contribution in [0, 0.1) is 21.8 Å². The minimum Gasteiger partial charge on any atom is -0.371 e. The van der Waals surface area contributed by atoms with E-state index < -0.39 is 54.2 Å². The molecule has 31 heavy (non-hydrogen) atoms. The highest BCUT2D eigenvalue weighted by molar-refractivity contribution is 7.72. The third-order valence-corrected chi connectivity index (χ3v) is 7.93. The number of phosphoric ester groups is 1. The van der Waals surface area contributed by atoms with Crippen LogP contribution in [0.1, 0.15) is 6.23 Å². The second kappa shape index (κ2) is 9.30. The fraction of sp³-hybridized carbons (Fsp3) is 0.455. The lowest BCUT2D eigenvalue weighted by atomic mass is 9.96. The van der Waals surface area contributed by atoms with Crippen LogP contribution >= 0.6 is 47.9 Å². The molecule has 0 amide bonds. The summed E-state index contributed by atoms with van der Waals surface area (Å²) < 4.78 is 66.3. The zero-order valence-electron chi connectivity index (χ0n) is 14.7. The number of aliphatic hydroxyl groups is 1. The number of alkyl halides is 1. The van der Waals surface area contributed by atoms with Gasteiger partial charge in [0.1, 0.15) is 10.7 Å². The molecule has 2 heterocycles. The van der Waals surface area contributed by atoms with E-state index in [-0.39, 0.29) is 9.41 Å². The first-order chi connectivity index (χ1) is 14.0. The van der Waals surface area contributed by atoms with Crippen molar-refractivity contribution in [3.8, 4) is 12.3 Å². The number of nitrogens with one attached hydrogen (secondary N) is 1. The smallest absolute Gasteiger partial charge is 0.371 e. The Morgan fingerprint density at radius 2 is 1.87 bits per heavy atom. The van der Waals surface area contributed by atoms with E-state index in [4.69, 9.17) is 50.3 Å². The number of hydrogen-bond donors (Lipinski definition) is 6. The van der Waals surface area contributed by atoms with E-state index in [1.807, 2.05) is 5.92 Å². The highest BCUT2D eigenvalue weighted by atomic mass is 32.1. The fourth-order valence-electron chi connectivity index (χ4n) is 2.39. The molecule has 2 rings (SSSR count). The molecule has 0 radical (unpaired) electrons. The van der Waals surface area contributed by atoms with Gasteiger partial charge in [-0.05, 0) is 18.3 Å². The first-order valence-corrected chi connectivity index (χ1v) is 12.9. The van der Waals surface area contributed by atoms with Gasteiger partial charge in [-0.2, -0.15) is 8.62 Å². The molecule has 1 aromatic rings. The minimum absolute atomic E-state index is 0.105. The Bertz CT molecular complexity index is 1150. The van der Waals surface area contributed by atoms with Crippen molar-refractivity contribution in [2.75, 3.05) is 6.61 Å². The lowest BCUT2D eigenvalue weighted by Gasteiger charge is -2.26. The average molecular weight is 542 g/mol. The van der Waals surface area contributed by atoms with Gasteiger partial charge in [0.05, 0.1) is 6.61 Å². The number of aromatic nitrogens is 2. The van der Waals surface area contributed by atoms with E-state index in [2.05, 4.69) is 18.1 Å². The predicted molar refractivity (Wildman–Crippen MR) is 103 cm³/mol. The van der Waals surface area contributed by atoms with Gasteiger partial charge in [0.15, 0.2) is 17.2 Å². The summed E-state index contributed by atoms with van der Waals surface area (Å²) in [5, 5.41) is 10.5. The molecule has 3 unspecified atom stereocenters. The third-order valence-electron chi connectivity index (χ3n) is 3.58. The number of rotatable bonds is 8. The number of phosphoric acid groups is 3. The predicted octanol–water partition coefficient (Wildman–Crippen LogP) is 1.22. The van der Waals surface area contributed by atoms with Gasteiger partial charge in [-0.15, -0.1) is 6.42 Å². The van der Waals surface area contributed by atoms with Gasteiger partial charge in [0.25, 0.3) is 0 Å². The molecule has 1 aliphatic heterocycles. The quantitative estimate of drug-likeness (QED) is 0.155. The van der Waals surface area contributed by atoms with Crippen molar-refractivity contribution in [2.24, 2.45) is 0 Å². The van der Waals surface area contributed by atoms with Gasteiger partial charge in [-0.25, -0.2) is 18.1 Å². The van der Waals surface area contributed by atoms with Crippen LogP contribution < -0.4 is 0 Å². The monoisotopic (exact) mass is 542 g/mol. The van der Waals surface area contributed by atoms with E-state index in [0.29, 0.717) is 0 Å². The van der Waals surface area contributed by atoms with Crippen molar-refractivity contribution >= 4 is 47.9 Å². The molecule has 0 saturated carbocycles. The van der Waals surface area contributed by atoms with Crippen LogP contribution in [0.25, 0.3) is 0 Å². The van der Waals surface area contributed by atoms with Gasteiger partial charge in [-0.3, -0.25) is 9.09 Å². The van der Waals surface area contributed by atoms with Crippen molar-refractivity contribution in [2.45, 2.75) is 24.1 Å². The maximum absolute atomic E-state index is 14.8. The van der Waals surface area contributed by atoms with E-state index in [9.17, 15) is 28.1 Å². The number of hydrogen-bond acceptors (Lipinski definition) is 10. The summed E-state index contributed by atoms with van der Waals surface area (Å²) >= 11 is 9.89. The molecular formula is C11H14FN2O12P3S2. The van der Waals surface area contributed by atoms with Crippen molar-refractivity contribution in [3.63, 3.8) is 0 Å². The molecule has 1 aliphatic rings. The Balaban J connectivity index is 2.19. The Labute approximate surface area is 183 Å². The second-order valence-corrected chi connectivity index (χ2v) is 11.0. The van der Waals surface area contributed by atoms with Gasteiger partial charge in [0.2, 0.25) is 5.60 Å². The summed E-state index contributed by atoms with van der Waals surface area (Å²) in [6.45, 7) is -1.17. The van der Waals surface area contributed by atoms with Crippen LogP contribution in [0.2, 0.25) is 0 Å². The summed E-state index contributed by atoms with van der Waals surface area (Å²) in [7, 11) is -16.9. The van der Waals surface area contributed by atoms with Crippen molar-refractivity contribution in [1.82, 2.24) is 9.55 Å². The lowest BCUT2D eigenvalue weighted by molar-refractivity contribution is -0.0734. The summed E-state index contributed by atoms with van der Waals surface area (Å²) in [5.74, 6) is 1.81. The second-order valence-electron chi connectivity index (χ2n) is 5.80. The van der Waals surface area contributed by atoms with Crippen LogP contribution in [0.4, 0.5) is 4.39 Å². The minimum atomic E-state index is -5.76. The first kappa shape index (κ1) is 26.6. The largest absolute Gasteiger partial charge is 0.490 e. The molecule has 20 heteroatoms. The summed E-state index contributed by atoms with van der Waals surface area (Å²) in [5.41, 5.74) is -2.63. The van der Waals surface area contributed by atoms with Gasteiger partial charge in [-0.1, -0.05) is 18.1 Å². The molecule has 0 bridgehead atoms. The maximum Gasteiger partial charge on any atom is 0.490 e. The Morgan fingerprint density at radius 3 is 2.39 bits per heavy atom. The molecule has 0 aliphatic carbocycles. The fourth-order valence-corrected chi connectivity index (χ4v) is 5.91. The van der Waals surface area contributed by atoms with E-state index >= 15 is 0 Å². The number of halogens is 1. The lowest BCUT2D eigenvalue weighted by Crippen LogP contribution is -2.43. The van der Waals surface area contributed by atoms with Crippen molar-refractivity contribution in [1.29, 1.82) is 0 Å².